The maximum absolute atomic E-state index is 5.51. The van der Waals surface area contributed by atoms with Gasteiger partial charge in [0.1, 0.15) is 5.82 Å². The highest BCUT2D eigenvalue weighted by molar-refractivity contribution is 5.76. The Morgan fingerprint density at radius 2 is 1.89 bits per heavy atom. The van der Waals surface area contributed by atoms with Crippen molar-refractivity contribution in [2.45, 2.75) is 46.1 Å². The van der Waals surface area contributed by atoms with Crippen molar-refractivity contribution in [3.63, 3.8) is 0 Å². The number of imidazole rings is 1. The zero-order valence-corrected chi connectivity index (χ0v) is 12.2. The number of hydrogen-bond acceptors (Lipinski definition) is 2. The van der Waals surface area contributed by atoms with Crippen molar-refractivity contribution in [3.05, 3.63) is 30.1 Å². The van der Waals surface area contributed by atoms with E-state index in [1.165, 1.54) is 11.3 Å². The van der Waals surface area contributed by atoms with Gasteiger partial charge >= 0.3 is 0 Å². The van der Waals surface area contributed by atoms with Gasteiger partial charge < -0.3 is 9.30 Å². The molecule has 0 spiro atoms. The van der Waals surface area contributed by atoms with E-state index in [0.717, 1.165) is 38.1 Å². The van der Waals surface area contributed by atoms with Gasteiger partial charge in [-0.25, -0.2) is 4.98 Å². The Balaban J connectivity index is 2.39. The van der Waals surface area contributed by atoms with E-state index in [9.17, 15) is 0 Å². The van der Waals surface area contributed by atoms with E-state index < -0.39 is 0 Å². The van der Waals surface area contributed by atoms with Crippen LogP contribution in [0, 0.1) is 0 Å². The van der Waals surface area contributed by atoms with Crippen molar-refractivity contribution in [3.8, 4) is 0 Å². The molecule has 3 nitrogen and oxygen atoms in total. The van der Waals surface area contributed by atoms with Gasteiger partial charge in [0.15, 0.2) is 0 Å². The minimum Gasteiger partial charge on any atom is -0.380 e. The molecule has 0 atom stereocenters. The van der Waals surface area contributed by atoms with E-state index in [2.05, 4.69) is 42.7 Å². The van der Waals surface area contributed by atoms with Crippen LogP contribution in [0.1, 0.15) is 45.4 Å². The Hall–Kier alpha value is -1.35. The minimum atomic E-state index is 0.536. The van der Waals surface area contributed by atoms with Crippen LogP contribution in [-0.4, -0.2) is 22.8 Å². The molecule has 19 heavy (non-hydrogen) atoms. The summed E-state index contributed by atoms with van der Waals surface area (Å²) < 4.78 is 7.85. The number of hydrogen-bond donors (Lipinski definition) is 0. The topological polar surface area (TPSA) is 27.1 Å². The second-order valence-corrected chi connectivity index (χ2v) is 4.82. The molecule has 0 saturated heterocycles. The lowest BCUT2D eigenvalue weighted by molar-refractivity contribution is 0.139. The number of nitrogens with zero attached hydrogens (tertiary/aromatic N) is 2. The van der Waals surface area contributed by atoms with E-state index in [4.69, 9.17) is 9.72 Å². The van der Waals surface area contributed by atoms with E-state index in [1.807, 2.05) is 6.92 Å². The second kappa shape index (κ2) is 6.71. The predicted octanol–water partition coefficient (Wildman–Crippen LogP) is 3.98. The van der Waals surface area contributed by atoms with Gasteiger partial charge in [0.2, 0.25) is 0 Å². The van der Waals surface area contributed by atoms with Crippen molar-refractivity contribution in [1.82, 2.24) is 9.55 Å². The largest absolute Gasteiger partial charge is 0.380 e. The van der Waals surface area contributed by atoms with Crippen molar-refractivity contribution < 1.29 is 4.74 Å². The third-order valence-corrected chi connectivity index (χ3v) is 3.70. The normalized spacial score (nSPS) is 11.6. The fourth-order valence-electron chi connectivity index (χ4n) is 2.59. The maximum atomic E-state index is 5.51. The molecule has 1 heterocycles. The lowest BCUT2D eigenvalue weighted by atomic mass is 10.0. The molecule has 3 heteroatoms. The van der Waals surface area contributed by atoms with Gasteiger partial charge in [0.05, 0.1) is 17.6 Å². The smallest absolute Gasteiger partial charge is 0.113 e. The molecule has 0 fully saturated rings. The fraction of sp³-hybridized carbons (Fsp3) is 0.562. The van der Waals surface area contributed by atoms with Crippen LogP contribution in [0.15, 0.2) is 24.3 Å². The molecule has 0 aliphatic rings. The average Bonchev–Trinajstić information content (AvgIpc) is 2.80. The lowest BCUT2D eigenvalue weighted by Gasteiger charge is -2.15. The predicted molar refractivity (Wildman–Crippen MR) is 79.5 cm³/mol. The van der Waals surface area contributed by atoms with Crippen LogP contribution in [0.3, 0.4) is 0 Å². The quantitative estimate of drug-likeness (QED) is 0.704. The SMILES string of the molecule is CCOCCn1c(C(CC)CC)nc2ccccc21. The third kappa shape index (κ3) is 2.98. The highest BCUT2D eigenvalue weighted by Crippen LogP contribution is 2.26. The van der Waals surface area contributed by atoms with E-state index in [0.29, 0.717) is 5.92 Å². The van der Waals surface area contributed by atoms with Crippen LogP contribution in [0.4, 0.5) is 0 Å². The molecule has 0 unspecified atom stereocenters. The van der Waals surface area contributed by atoms with Crippen LogP contribution in [0.5, 0.6) is 0 Å². The van der Waals surface area contributed by atoms with Gasteiger partial charge in [-0.2, -0.15) is 0 Å². The van der Waals surface area contributed by atoms with Gasteiger partial charge in [-0.15, -0.1) is 0 Å². The van der Waals surface area contributed by atoms with Crippen LogP contribution < -0.4 is 0 Å². The first-order chi connectivity index (χ1) is 9.31. The molecule has 104 valence electrons. The van der Waals surface area contributed by atoms with Crippen molar-refractivity contribution >= 4 is 11.0 Å². The summed E-state index contributed by atoms with van der Waals surface area (Å²) >= 11 is 0. The molecule has 2 aromatic rings. The van der Waals surface area contributed by atoms with E-state index in [-0.39, 0.29) is 0 Å². The first-order valence-electron chi connectivity index (χ1n) is 7.34. The zero-order chi connectivity index (χ0) is 13.7. The van der Waals surface area contributed by atoms with Crippen LogP contribution >= 0.6 is 0 Å². The summed E-state index contributed by atoms with van der Waals surface area (Å²) in [5.41, 5.74) is 2.32. The number of fused-ring (bicyclic) bond motifs is 1. The molecular weight excluding hydrogens is 236 g/mol. The van der Waals surface area contributed by atoms with Crippen molar-refractivity contribution in [2.75, 3.05) is 13.2 Å². The van der Waals surface area contributed by atoms with Crippen molar-refractivity contribution in [2.24, 2.45) is 0 Å². The number of ether oxygens (including phenoxy) is 1. The number of benzene rings is 1. The standard InChI is InChI=1S/C16H24N2O/c1-4-13(5-2)16-17-14-9-7-8-10-15(14)18(16)11-12-19-6-3/h7-10,13H,4-6,11-12H2,1-3H3. The summed E-state index contributed by atoms with van der Waals surface area (Å²) in [4.78, 5) is 4.84. The molecular formula is C16H24N2O. The van der Waals surface area contributed by atoms with Gasteiger partial charge in [0.25, 0.3) is 0 Å². The molecule has 0 saturated carbocycles. The fourth-order valence-corrected chi connectivity index (χ4v) is 2.59. The molecule has 0 radical (unpaired) electrons. The summed E-state index contributed by atoms with van der Waals surface area (Å²) in [6.45, 7) is 8.92. The summed E-state index contributed by atoms with van der Waals surface area (Å²) in [6, 6.07) is 8.38. The highest BCUT2D eigenvalue weighted by Gasteiger charge is 2.17. The minimum absolute atomic E-state index is 0.536. The summed E-state index contributed by atoms with van der Waals surface area (Å²) in [7, 11) is 0. The molecule has 1 aromatic carbocycles. The van der Waals surface area contributed by atoms with Crippen LogP contribution in [0.2, 0.25) is 0 Å². The van der Waals surface area contributed by atoms with Crippen LogP contribution in [0.25, 0.3) is 11.0 Å². The summed E-state index contributed by atoms with van der Waals surface area (Å²) in [5.74, 6) is 1.75. The Morgan fingerprint density at radius 1 is 1.16 bits per heavy atom. The summed E-state index contributed by atoms with van der Waals surface area (Å²) in [5, 5.41) is 0. The monoisotopic (exact) mass is 260 g/mol. The van der Waals surface area contributed by atoms with Gasteiger partial charge in [-0.3, -0.25) is 0 Å². The van der Waals surface area contributed by atoms with Crippen molar-refractivity contribution in [1.29, 1.82) is 0 Å². The average molecular weight is 260 g/mol. The molecule has 1 aromatic heterocycles. The maximum Gasteiger partial charge on any atom is 0.113 e. The Kier molecular flexibility index (Phi) is 4.97. The van der Waals surface area contributed by atoms with E-state index in [1.54, 1.807) is 0 Å². The Labute approximate surface area is 115 Å². The molecule has 0 bridgehead atoms. The number of para-hydroxylation sites is 2. The summed E-state index contributed by atoms with van der Waals surface area (Å²) in [6.07, 6.45) is 2.27. The molecule has 0 aliphatic carbocycles. The van der Waals surface area contributed by atoms with E-state index >= 15 is 0 Å². The van der Waals surface area contributed by atoms with Gasteiger partial charge in [-0.05, 0) is 31.9 Å². The molecule has 0 N–H and O–H groups in total. The molecule has 2 rings (SSSR count). The van der Waals surface area contributed by atoms with Gasteiger partial charge in [0, 0.05) is 19.1 Å². The number of rotatable bonds is 7. The second-order valence-electron chi connectivity index (χ2n) is 4.82. The Bertz CT molecular complexity index is 514. The van der Waals surface area contributed by atoms with Crippen LogP contribution in [-0.2, 0) is 11.3 Å². The lowest BCUT2D eigenvalue weighted by Crippen LogP contribution is -2.12. The molecule has 0 aliphatic heterocycles. The molecule has 0 amide bonds. The third-order valence-electron chi connectivity index (χ3n) is 3.70. The first-order valence-corrected chi connectivity index (χ1v) is 7.34. The first kappa shape index (κ1) is 14.1. The number of aromatic nitrogens is 2. The Morgan fingerprint density at radius 3 is 2.58 bits per heavy atom. The highest BCUT2D eigenvalue weighted by atomic mass is 16.5. The zero-order valence-electron chi connectivity index (χ0n) is 12.2. The van der Waals surface area contributed by atoms with Gasteiger partial charge in [-0.1, -0.05) is 26.0 Å².